The first-order valence-corrected chi connectivity index (χ1v) is 10.4. The minimum atomic E-state index is 0.458. The molecule has 0 bridgehead atoms. The Bertz CT molecular complexity index is 1150. The van der Waals surface area contributed by atoms with Crippen LogP contribution in [0, 0.1) is 12.8 Å². The highest BCUT2D eigenvalue weighted by molar-refractivity contribution is 7.11. The van der Waals surface area contributed by atoms with Gasteiger partial charge in [-0.25, -0.2) is 9.97 Å². The topological polar surface area (TPSA) is 85.7 Å². The standard InChI is InChI=1S/C21H20N6OS/c1-13-26-27-21(29-13)10-22-19-9-20(24-12-23-19)28-11-15-8-16(15)18-7-6-14-4-2-3-5-17(14)25-18/h2-7,9,12,15-16H,8,10-11H2,1H3,(H,22,23,24). The summed E-state index contributed by atoms with van der Waals surface area (Å²) in [6, 6.07) is 14.3. The number of fused-ring (bicyclic) bond motifs is 1. The molecule has 1 saturated carbocycles. The van der Waals surface area contributed by atoms with Gasteiger partial charge in [-0.1, -0.05) is 35.6 Å². The van der Waals surface area contributed by atoms with Crippen molar-refractivity contribution in [1.29, 1.82) is 0 Å². The average molecular weight is 404 g/mol. The van der Waals surface area contributed by atoms with Crippen LogP contribution in [0.2, 0.25) is 0 Å². The van der Waals surface area contributed by atoms with Gasteiger partial charge in [0.2, 0.25) is 5.88 Å². The maximum absolute atomic E-state index is 5.92. The van der Waals surface area contributed by atoms with Crippen molar-refractivity contribution in [1.82, 2.24) is 25.1 Å². The lowest BCUT2D eigenvalue weighted by Gasteiger charge is -2.07. The maximum atomic E-state index is 5.92. The highest BCUT2D eigenvalue weighted by Gasteiger charge is 2.40. The molecule has 0 radical (unpaired) electrons. The van der Waals surface area contributed by atoms with E-state index in [4.69, 9.17) is 9.72 Å². The molecule has 0 amide bonds. The van der Waals surface area contributed by atoms with Gasteiger partial charge in [0.1, 0.15) is 22.2 Å². The molecule has 7 nitrogen and oxygen atoms in total. The maximum Gasteiger partial charge on any atom is 0.218 e. The van der Waals surface area contributed by atoms with Gasteiger partial charge in [-0.05, 0) is 25.5 Å². The van der Waals surface area contributed by atoms with E-state index >= 15 is 0 Å². The summed E-state index contributed by atoms with van der Waals surface area (Å²) in [7, 11) is 0. The van der Waals surface area contributed by atoms with Gasteiger partial charge in [-0.3, -0.25) is 4.98 Å². The van der Waals surface area contributed by atoms with E-state index in [-0.39, 0.29) is 0 Å². The molecule has 1 aromatic carbocycles. The fourth-order valence-corrected chi connectivity index (χ4v) is 4.01. The first-order chi connectivity index (χ1) is 14.2. The Balaban J connectivity index is 1.16. The number of para-hydroxylation sites is 1. The van der Waals surface area contributed by atoms with Crippen LogP contribution in [0.1, 0.15) is 28.0 Å². The van der Waals surface area contributed by atoms with Crippen molar-refractivity contribution in [2.24, 2.45) is 5.92 Å². The number of ether oxygens (including phenoxy) is 1. The first-order valence-electron chi connectivity index (χ1n) is 9.58. The van der Waals surface area contributed by atoms with Crippen LogP contribution in [-0.2, 0) is 6.54 Å². The Morgan fingerprint density at radius 1 is 1.14 bits per heavy atom. The quantitative estimate of drug-likeness (QED) is 0.499. The predicted molar refractivity (Wildman–Crippen MR) is 112 cm³/mol. The highest BCUT2D eigenvalue weighted by Crippen LogP contribution is 2.47. The van der Waals surface area contributed by atoms with E-state index in [2.05, 4.69) is 49.7 Å². The Kier molecular flexibility index (Phi) is 4.77. The van der Waals surface area contributed by atoms with Crippen molar-refractivity contribution in [3.8, 4) is 5.88 Å². The fourth-order valence-electron chi connectivity index (χ4n) is 3.36. The van der Waals surface area contributed by atoms with E-state index in [0.717, 1.165) is 27.6 Å². The lowest BCUT2D eigenvalue weighted by Crippen LogP contribution is -2.05. The van der Waals surface area contributed by atoms with Crippen LogP contribution in [0.4, 0.5) is 5.82 Å². The predicted octanol–water partition coefficient (Wildman–Crippen LogP) is 3.98. The average Bonchev–Trinajstić information content (AvgIpc) is 3.42. The summed E-state index contributed by atoms with van der Waals surface area (Å²) in [5.41, 5.74) is 2.20. The Morgan fingerprint density at radius 3 is 2.97 bits per heavy atom. The third kappa shape index (κ3) is 4.17. The first kappa shape index (κ1) is 17.9. The number of hydrogen-bond acceptors (Lipinski definition) is 8. The van der Waals surface area contributed by atoms with Gasteiger partial charge in [0.15, 0.2) is 0 Å². The van der Waals surface area contributed by atoms with Crippen LogP contribution in [0.15, 0.2) is 48.8 Å². The summed E-state index contributed by atoms with van der Waals surface area (Å²) < 4.78 is 5.92. The molecule has 8 heteroatoms. The van der Waals surface area contributed by atoms with Gasteiger partial charge >= 0.3 is 0 Å². The van der Waals surface area contributed by atoms with Gasteiger partial charge in [0.05, 0.1) is 18.7 Å². The molecular formula is C21H20N6OS. The van der Waals surface area contributed by atoms with Crippen molar-refractivity contribution >= 4 is 28.1 Å². The summed E-state index contributed by atoms with van der Waals surface area (Å²) in [6.45, 7) is 3.15. The van der Waals surface area contributed by atoms with E-state index in [9.17, 15) is 0 Å². The Hall–Kier alpha value is -3.13. The number of aryl methyl sites for hydroxylation is 1. The van der Waals surface area contributed by atoms with Gasteiger partial charge < -0.3 is 10.1 Å². The zero-order valence-corrected chi connectivity index (χ0v) is 16.8. The van der Waals surface area contributed by atoms with Crippen LogP contribution in [0.5, 0.6) is 5.88 Å². The van der Waals surface area contributed by atoms with E-state index in [1.165, 1.54) is 11.7 Å². The molecule has 4 aromatic rings. The molecule has 5 rings (SSSR count). The molecule has 0 saturated heterocycles. The van der Waals surface area contributed by atoms with Gasteiger partial charge in [-0.15, -0.1) is 10.2 Å². The van der Waals surface area contributed by atoms with Crippen molar-refractivity contribution < 1.29 is 4.74 Å². The fraction of sp³-hybridized carbons (Fsp3) is 0.286. The molecule has 29 heavy (non-hydrogen) atoms. The molecular weight excluding hydrogens is 384 g/mol. The highest BCUT2D eigenvalue weighted by atomic mass is 32.1. The van der Waals surface area contributed by atoms with Crippen molar-refractivity contribution in [3.05, 3.63) is 64.5 Å². The minimum Gasteiger partial charge on any atom is -0.477 e. The van der Waals surface area contributed by atoms with Crippen LogP contribution in [0.25, 0.3) is 10.9 Å². The molecule has 0 spiro atoms. The largest absolute Gasteiger partial charge is 0.477 e. The number of aromatic nitrogens is 5. The number of benzene rings is 1. The van der Waals surface area contributed by atoms with E-state index in [1.807, 2.05) is 25.1 Å². The number of nitrogens with zero attached hydrogens (tertiary/aromatic N) is 5. The van der Waals surface area contributed by atoms with Crippen LogP contribution >= 0.6 is 11.3 Å². The molecule has 3 aromatic heterocycles. The second-order valence-electron chi connectivity index (χ2n) is 7.15. The second-order valence-corrected chi connectivity index (χ2v) is 8.42. The van der Waals surface area contributed by atoms with Crippen LogP contribution in [-0.4, -0.2) is 31.8 Å². The van der Waals surface area contributed by atoms with Crippen molar-refractivity contribution in [2.45, 2.75) is 25.8 Å². The molecule has 0 aliphatic heterocycles. The van der Waals surface area contributed by atoms with Crippen molar-refractivity contribution in [2.75, 3.05) is 11.9 Å². The number of rotatable bonds is 7. The molecule has 1 fully saturated rings. The monoisotopic (exact) mass is 404 g/mol. The summed E-state index contributed by atoms with van der Waals surface area (Å²) >= 11 is 1.57. The molecule has 1 aliphatic carbocycles. The molecule has 3 heterocycles. The zero-order valence-electron chi connectivity index (χ0n) is 15.9. The molecule has 2 atom stereocenters. The smallest absolute Gasteiger partial charge is 0.218 e. The van der Waals surface area contributed by atoms with Crippen molar-refractivity contribution in [3.63, 3.8) is 0 Å². The van der Waals surface area contributed by atoms with E-state index in [1.54, 1.807) is 11.3 Å². The third-order valence-electron chi connectivity index (χ3n) is 5.00. The number of anilines is 1. The lowest BCUT2D eigenvalue weighted by molar-refractivity contribution is 0.285. The molecule has 2 unspecified atom stereocenters. The lowest BCUT2D eigenvalue weighted by atomic mass is 10.1. The molecule has 1 N–H and O–H groups in total. The second kappa shape index (κ2) is 7.71. The van der Waals surface area contributed by atoms with Crippen LogP contribution in [0.3, 0.4) is 0 Å². The SMILES string of the molecule is Cc1nnc(CNc2cc(OCC3CC3c3ccc4ccccc4n3)ncn2)s1. The summed E-state index contributed by atoms with van der Waals surface area (Å²) in [5, 5.41) is 14.4. The van der Waals surface area contributed by atoms with E-state index < -0.39 is 0 Å². The number of pyridine rings is 1. The molecule has 1 aliphatic rings. The van der Waals surface area contributed by atoms with Crippen LogP contribution < -0.4 is 10.1 Å². The van der Waals surface area contributed by atoms with Gasteiger partial charge in [-0.2, -0.15) is 0 Å². The van der Waals surface area contributed by atoms with E-state index in [0.29, 0.717) is 36.7 Å². The Morgan fingerprint density at radius 2 is 2.07 bits per heavy atom. The summed E-state index contributed by atoms with van der Waals surface area (Å²) in [6.07, 6.45) is 2.61. The third-order valence-corrected chi connectivity index (χ3v) is 5.84. The van der Waals surface area contributed by atoms with Gasteiger partial charge in [0.25, 0.3) is 0 Å². The minimum absolute atomic E-state index is 0.458. The number of nitrogens with one attached hydrogen (secondary N) is 1. The normalized spacial score (nSPS) is 18.0. The van der Waals surface area contributed by atoms with Gasteiger partial charge in [0, 0.05) is 29.0 Å². The number of hydrogen-bond donors (Lipinski definition) is 1. The Labute approximate surface area is 172 Å². The summed E-state index contributed by atoms with van der Waals surface area (Å²) in [4.78, 5) is 13.3. The zero-order chi connectivity index (χ0) is 19.6. The summed E-state index contributed by atoms with van der Waals surface area (Å²) in [5.74, 6) is 2.22. The molecule has 146 valence electrons.